The van der Waals surface area contributed by atoms with E-state index in [2.05, 4.69) is 37.2 Å². The highest BCUT2D eigenvalue weighted by atomic mass is 79.9. The number of hydrogen-bond acceptors (Lipinski definition) is 8. The number of carbonyl (C=O) groups is 1. The predicted octanol–water partition coefficient (Wildman–Crippen LogP) is 8.58. The number of nitrogens with one attached hydrogen (secondary N) is 1. The van der Waals surface area contributed by atoms with Crippen molar-refractivity contribution in [2.45, 2.75) is 43.8 Å². The number of methoxy groups -OCH3 is 1. The molecule has 0 spiro atoms. The number of allylic oxidation sites excluding steroid dienone is 1. The maximum atomic E-state index is 13.4. The van der Waals surface area contributed by atoms with Crippen LogP contribution in [0.1, 0.15) is 43.0 Å². The molecule has 1 unspecified atom stereocenters. The smallest absolute Gasteiger partial charge is 0.338 e. The van der Waals surface area contributed by atoms with Crippen LogP contribution >= 0.6 is 55.2 Å². The summed E-state index contributed by atoms with van der Waals surface area (Å²) in [7, 11) is 1.59. The Morgan fingerprint density at radius 3 is 2.70 bits per heavy atom. The standard InChI is InChI=1S/C31H29Br2ClN4O4S/c1-4-12-41-29(39)26-18(2)35-30-36-31(43-17-20-9-5-6-11-24(20)34)37-38(30)27(26)21-14-23(33)28(25(15-21)40-3)42-16-19-8-7-10-22(32)13-19/h5-11,13-15,27H,4,12,16-17H2,1-3H3,(H,35,36,37). The Hall–Kier alpha value is -2.99. The molecule has 1 N–H and O–H groups in total. The van der Waals surface area contributed by atoms with E-state index in [1.807, 2.05) is 74.5 Å². The van der Waals surface area contributed by atoms with Crippen LogP contribution in [0.5, 0.6) is 11.5 Å². The summed E-state index contributed by atoms with van der Waals surface area (Å²) < 4.78 is 20.9. The number of anilines is 1. The minimum Gasteiger partial charge on any atom is -0.493 e. The van der Waals surface area contributed by atoms with Gasteiger partial charge in [0.25, 0.3) is 0 Å². The maximum absolute atomic E-state index is 13.4. The van der Waals surface area contributed by atoms with Gasteiger partial charge in [-0.1, -0.05) is 76.5 Å². The number of halogens is 3. The molecule has 1 aliphatic heterocycles. The number of rotatable bonds is 11. The Kier molecular flexibility index (Phi) is 10.4. The fraction of sp³-hybridized carbons (Fsp3) is 0.258. The van der Waals surface area contributed by atoms with Crippen LogP contribution in [0, 0.1) is 0 Å². The fourth-order valence-electron chi connectivity index (χ4n) is 4.62. The largest absolute Gasteiger partial charge is 0.493 e. The van der Waals surface area contributed by atoms with Gasteiger partial charge in [-0.05, 0) is 76.3 Å². The molecule has 1 atom stereocenters. The summed E-state index contributed by atoms with van der Waals surface area (Å²) in [5.41, 5.74) is 3.80. The molecule has 2 heterocycles. The number of carbonyl (C=O) groups excluding carboxylic acids is 1. The lowest BCUT2D eigenvalue weighted by Gasteiger charge is -2.28. The maximum Gasteiger partial charge on any atom is 0.338 e. The van der Waals surface area contributed by atoms with Gasteiger partial charge in [0.05, 0.1) is 23.8 Å². The van der Waals surface area contributed by atoms with Gasteiger partial charge in [0, 0.05) is 20.9 Å². The monoisotopic (exact) mass is 746 g/mol. The van der Waals surface area contributed by atoms with E-state index < -0.39 is 12.0 Å². The number of benzene rings is 3. The topological polar surface area (TPSA) is 87.5 Å². The summed E-state index contributed by atoms with van der Waals surface area (Å²) >= 11 is 15.0. The second-order valence-corrected chi connectivity index (χ2v) is 12.8. The lowest BCUT2D eigenvalue weighted by atomic mass is 9.95. The lowest BCUT2D eigenvalue weighted by Crippen LogP contribution is -2.30. The molecule has 43 heavy (non-hydrogen) atoms. The van der Waals surface area contributed by atoms with E-state index in [9.17, 15) is 4.79 Å². The van der Waals surface area contributed by atoms with Crippen molar-refractivity contribution in [1.29, 1.82) is 0 Å². The summed E-state index contributed by atoms with van der Waals surface area (Å²) in [6.45, 7) is 4.44. The summed E-state index contributed by atoms with van der Waals surface area (Å²) in [6, 6.07) is 18.7. The molecule has 0 radical (unpaired) electrons. The molecule has 1 aliphatic rings. The van der Waals surface area contributed by atoms with Gasteiger partial charge < -0.3 is 19.5 Å². The number of esters is 1. The van der Waals surface area contributed by atoms with E-state index in [1.165, 1.54) is 11.8 Å². The number of thioether (sulfide) groups is 1. The Labute approximate surface area is 276 Å². The molecular formula is C31H29Br2ClN4O4S. The Morgan fingerprint density at radius 2 is 1.95 bits per heavy atom. The molecule has 224 valence electrons. The van der Waals surface area contributed by atoms with Gasteiger partial charge in [-0.2, -0.15) is 4.98 Å². The van der Waals surface area contributed by atoms with E-state index in [1.54, 1.807) is 11.8 Å². The normalized spacial score (nSPS) is 14.2. The zero-order chi connectivity index (χ0) is 30.5. The average Bonchev–Trinajstić information content (AvgIpc) is 3.40. The van der Waals surface area contributed by atoms with Crippen LogP contribution in [-0.2, 0) is 21.9 Å². The van der Waals surface area contributed by atoms with E-state index in [0.29, 0.717) is 68.8 Å². The van der Waals surface area contributed by atoms with Crippen molar-refractivity contribution in [3.05, 3.63) is 103 Å². The summed E-state index contributed by atoms with van der Waals surface area (Å²) in [4.78, 5) is 18.2. The summed E-state index contributed by atoms with van der Waals surface area (Å²) in [5.74, 6) is 1.74. The van der Waals surface area contributed by atoms with Crippen LogP contribution in [0.2, 0.25) is 5.02 Å². The van der Waals surface area contributed by atoms with Crippen molar-refractivity contribution in [3.8, 4) is 11.5 Å². The molecule has 0 saturated heterocycles. The summed E-state index contributed by atoms with van der Waals surface area (Å²) in [5, 5.41) is 9.31. The van der Waals surface area contributed by atoms with Gasteiger partial charge in [-0.15, -0.1) is 5.10 Å². The van der Waals surface area contributed by atoms with Crippen molar-refractivity contribution < 1.29 is 19.0 Å². The quantitative estimate of drug-likeness (QED) is 0.121. The molecular weight excluding hydrogens is 720 g/mol. The number of hydrogen-bond donors (Lipinski definition) is 1. The highest BCUT2D eigenvalue weighted by molar-refractivity contribution is 9.10. The molecule has 5 rings (SSSR count). The van der Waals surface area contributed by atoms with Crippen LogP contribution in [0.15, 0.2) is 86.0 Å². The molecule has 0 aliphatic carbocycles. The van der Waals surface area contributed by atoms with Gasteiger partial charge in [0.2, 0.25) is 11.1 Å². The van der Waals surface area contributed by atoms with Crippen LogP contribution in [0.25, 0.3) is 0 Å². The zero-order valence-electron chi connectivity index (χ0n) is 23.7. The van der Waals surface area contributed by atoms with E-state index in [4.69, 9.17) is 35.9 Å². The molecule has 1 aromatic heterocycles. The van der Waals surface area contributed by atoms with Gasteiger partial charge in [-0.3, -0.25) is 0 Å². The third-order valence-electron chi connectivity index (χ3n) is 6.64. The Morgan fingerprint density at radius 1 is 1.14 bits per heavy atom. The number of nitrogens with zero attached hydrogens (tertiary/aromatic N) is 3. The zero-order valence-corrected chi connectivity index (χ0v) is 28.4. The van der Waals surface area contributed by atoms with Crippen LogP contribution in [-0.4, -0.2) is 34.5 Å². The molecule has 3 aromatic carbocycles. The second-order valence-electron chi connectivity index (χ2n) is 9.70. The van der Waals surface area contributed by atoms with Crippen molar-refractivity contribution in [1.82, 2.24) is 14.8 Å². The van der Waals surface area contributed by atoms with Crippen LogP contribution in [0.3, 0.4) is 0 Å². The van der Waals surface area contributed by atoms with Crippen molar-refractivity contribution in [3.63, 3.8) is 0 Å². The third kappa shape index (κ3) is 7.22. The van der Waals surface area contributed by atoms with Gasteiger partial charge in [-0.25, -0.2) is 9.48 Å². The molecule has 0 fully saturated rings. The van der Waals surface area contributed by atoms with Crippen molar-refractivity contribution in [2.24, 2.45) is 0 Å². The Bertz CT molecular complexity index is 1680. The predicted molar refractivity (Wildman–Crippen MR) is 176 cm³/mol. The molecule has 0 bridgehead atoms. The first kappa shape index (κ1) is 31.4. The SMILES string of the molecule is CCCOC(=O)C1=C(C)Nc2nc(SCc3ccccc3Cl)nn2C1c1cc(Br)c(OCc2cccc(Br)c2)c(OC)c1. The Balaban J connectivity index is 1.51. The highest BCUT2D eigenvalue weighted by Gasteiger charge is 2.36. The first-order valence-electron chi connectivity index (χ1n) is 13.5. The minimum atomic E-state index is -0.632. The number of fused-ring (bicyclic) bond motifs is 1. The number of ether oxygens (including phenoxy) is 3. The second kappa shape index (κ2) is 14.2. The van der Waals surface area contributed by atoms with Crippen molar-refractivity contribution >= 4 is 67.1 Å². The molecule has 4 aromatic rings. The van der Waals surface area contributed by atoms with Crippen LogP contribution < -0.4 is 14.8 Å². The fourth-order valence-corrected chi connectivity index (χ4v) is 6.75. The average molecular weight is 749 g/mol. The van der Waals surface area contributed by atoms with Crippen LogP contribution in [0.4, 0.5) is 5.95 Å². The first-order chi connectivity index (χ1) is 20.8. The van der Waals surface area contributed by atoms with E-state index in [-0.39, 0.29) is 0 Å². The lowest BCUT2D eigenvalue weighted by molar-refractivity contribution is -0.139. The van der Waals surface area contributed by atoms with Gasteiger partial charge in [0.1, 0.15) is 12.6 Å². The van der Waals surface area contributed by atoms with Gasteiger partial charge in [0.15, 0.2) is 11.5 Å². The molecule has 0 amide bonds. The third-order valence-corrected chi connectivity index (χ3v) is 8.98. The minimum absolute atomic E-state index is 0.306. The van der Waals surface area contributed by atoms with E-state index in [0.717, 1.165) is 21.2 Å². The summed E-state index contributed by atoms with van der Waals surface area (Å²) in [6.07, 6.45) is 0.705. The van der Waals surface area contributed by atoms with Crippen molar-refractivity contribution in [2.75, 3.05) is 19.0 Å². The van der Waals surface area contributed by atoms with E-state index >= 15 is 0 Å². The molecule has 0 saturated carbocycles. The van der Waals surface area contributed by atoms with Gasteiger partial charge >= 0.3 is 5.97 Å². The molecule has 8 nitrogen and oxygen atoms in total. The molecule has 12 heteroatoms. The first-order valence-corrected chi connectivity index (χ1v) is 16.5. The number of aromatic nitrogens is 3. The highest BCUT2D eigenvalue weighted by Crippen LogP contribution is 2.43.